The number of hydrogen-bond donors (Lipinski definition) is 2. The van der Waals surface area contributed by atoms with Crippen LogP contribution in [0.5, 0.6) is 0 Å². The second kappa shape index (κ2) is 3.81. The number of hydrogen-bond acceptors (Lipinski definition) is 3. The molecule has 0 amide bonds. The summed E-state index contributed by atoms with van der Waals surface area (Å²) in [6.07, 6.45) is 4.25. The first-order valence-electron chi connectivity index (χ1n) is 6.21. The standard InChI is InChI=1S/C13H18N4/c1-13(2)6-4-8-14-10(13)12-16-9-5-3-7-15-11(9)17-12/h3,5,7,10,14H,4,6,8H2,1-2H3,(H,15,16,17). The number of rotatable bonds is 1. The summed E-state index contributed by atoms with van der Waals surface area (Å²) in [6, 6.07) is 4.25. The average molecular weight is 230 g/mol. The van der Waals surface area contributed by atoms with E-state index in [0.717, 1.165) is 23.5 Å². The van der Waals surface area contributed by atoms with Crippen LogP contribution in [0.3, 0.4) is 0 Å². The highest BCUT2D eigenvalue weighted by Gasteiger charge is 2.35. The Balaban J connectivity index is 2.02. The zero-order valence-corrected chi connectivity index (χ0v) is 10.3. The van der Waals surface area contributed by atoms with E-state index in [9.17, 15) is 0 Å². The molecule has 2 aromatic heterocycles. The largest absolute Gasteiger partial charge is 0.339 e. The van der Waals surface area contributed by atoms with Gasteiger partial charge in [0.2, 0.25) is 0 Å². The Bertz CT molecular complexity index is 496. The topological polar surface area (TPSA) is 53.6 Å². The minimum atomic E-state index is 0.242. The molecule has 0 saturated carbocycles. The lowest BCUT2D eigenvalue weighted by Crippen LogP contribution is -2.40. The number of H-pyrrole nitrogens is 1. The second-order valence-corrected chi connectivity index (χ2v) is 5.48. The first-order chi connectivity index (χ1) is 8.17. The number of pyridine rings is 1. The fraction of sp³-hybridized carbons (Fsp3) is 0.538. The molecule has 4 heteroatoms. The lowest BCUT2D eigenvalue weighted by molar-refractivity contribution is 0.175. The highest BCUT2D eigenvalue weighted by molar-refractivity contribution is 5.70. The molecule has 0 radical (unpaired) electrons. The van der Waals surface area contributed by atoms with E-state index in [1.54, 1.807) is 6.20 Å². The monoisotopic (exact) mass is 230 g/mol. The summed E-state index contributed by atoms with van der Waals surface area (Å²) in [4.78, 5) is 12.3. The van der Waals surface area contributed by atoms with Gasteiger partial charge in [-0.05, 0) is 36.9 Å². The predicted octanol–water partition coefficient (Wildman–Crippen LogP) is 2.41. The summed E-state index contributed by atoms with van der Waals surface area (Å²) in [7, 11) is 0. The van der Waals surface area contributed by atoms with E-state index in [0.29, 0.717) is 6.04 Å². The first kappa shape index (κ1) is 10.7. The Morgan fingerprint density at radius 2 is 2.29 bits per heavy atom. The Hall–Kier alpha value is -1.42. The summed E-state index contributed by atoms with van der Waals surface area (Å²) >= 11 is 0. The Kier molecular flexibility index (Phi) is 2.40. The lowest BCUT2D eigenvalue weighted by Gasteiger charge is -2.38. The van der Waals surface area contributed by atoms with Gasteiger partial charge in [-0.2, -0.15) is 0 Å². The Labute approximate surface area is 101 Å². The third kappa shape index (κ3) is 1.82. The first-order valence-corrected chi connectivity index (χ1v) is 6.21. The van der Waals surface area contributed by atoms with E-state index in [1.165, 1.54) is 12.8 Å². The van der Waals surface area contributed by atoms with Crippen molar-refractivity contribution in [3.05, 3.63) is 24.2 Å². The molecule has 3 heterocycles. The Morgan fingerprint density at radius 1 is 1.41 bits per heavy atom. The normalized spacial score (nSPS) is 24.0. The predicted molar refractivity (Wildman–Crippen MR) is 67.6 cm³/mol. The molecule has 1 fully saturated rings. The highest BCUT2D eigenvalue weighted by Crippen LogP contribution is 2.39. The molecule has 0 spiro atoms. The molecule has 0 bridgehead atoms. The van der Waals surface area contributed by atoms with E-state index >= 15 is 0 Å². The molecule has 0 aliphatic carbocycles. The van der Waals surface area contributed by atoms with Crippen molar-refractivity contribution >= 4 is 11.2 Å². The van der Waals surface area contributed by atoms with Gasteiger partial charge < -0.3 is 10.3 Å². The van der Waals surface area contributed by atoms with Gasteiger partial charge >= 0.3 is 0 Å². The number of nitrogens with zero attached hydrogens (tertiary/aromatic N) is 2. The zero-order valence-electron chi connectivity index (χ0n) is 10.3. The van der Waals surface area contributed by atoms with Crippen molar-refractivity contribution in [2.24, 2.45) is 5.41 Å². The number of fused-ring (bicyclic) bond motifs is 1. The fourth-order valence-electron chi connectivity index (χ4n) is 2.68. The van der Waals surface area contributed by atoms with Crippen LogP contribution in [0.25, 0.3) is 11.2 Å². The number of piperidine rings is 1. The number of imidazole rings is 1. The van der Waals surface area contributed by atoms with Crippen LogP contribution < -0.4 is 5.32 Å². The van der Waals surface area contributed by atoms with Crippen molar-refractivity contribution in [2.45, 2.75) is 32.7 Å². The maximum Gasteiger partial charge on any atom is 0.177 e. The second-order valence-electron chi connectivity index (χ2n) is 5.48. The third-order valence-electron chi connectivity index (χ3n) is 3.68. The van der Waals surface area contributed by atoms with Crippen LogP contribution in [-0.4, -0.2) is 21.5 Å². The molecular formula is C13H18N4. The van der Waals surface area contributed by atoms with Gasteiger partial charge in [-0.1, -0.05) is 13.8 Å². The summed E-state index contributed by atoms with van der Waals surface area (Å²) in [5.74, 6) is 1.02. The molecule has 1 aliphatic rings. The van der Waals surface area contributed by atoms with Gasteiger partial charge in [0.1, 0.15) is 5.82 Å². The maximum atomic E-state index is 4.60. The molecular weight excluding hydrogens is 212 g/mol. The van der Waals surface area contributed by atoms with Crippen LogP contribution >= 0.6 is 0 Å². The van der Waals surface area contributed by atoms with Gasteiger partial charge in [0, 0.05) is 6.20 Å². The molecule has 0 aromatic carbocycles. The minimum absolute atomic E-state index is 0.242. The molecule has 4 nitrogen and oxygen atoms in total. The smallest absolute Gasteiger partial charge is 0.177 e. The van der Waals surface area contributed by atoms with Crippen LogP contribution in [-0.2, 0) is 0 Å². The molecule has 1 aliphatic heterocycles. The molecule has 1 saturated heterocycles. The molecule has 1 unspecified atom stereocenters. The lowest BCUT2D eigenvalue weighted by atomic mass is 9.77. The number of aromatic amines is 1. The zero-order chi connectivity index (χ0) is 11.9. The van der Waals surface area contributed by atoms with Gasteiger partial charge in [-0.3, -0.25) is 0 Å². The van der Waals surface area contributed by atoms with Crippen LogP contribution in [0.2, 0.25) is 0 Å². The molecule has 1 atom stereocenters. The van der Waals surface area contributed by atoms with Gasteiger partial charge in [-0.15, -0.1) is 0 Å². The number of nitrogens with one attached hydrogen (secondary N) is 2. The van der Waals surface area contributed by atoms with Gasteiger partial charge in [0.25, 0.3) is 0 Å². The summed E-state index contributed by atoms with van der Waals surface area (Å²) < 4.78 is 0. The third-order valence-corrected chi connectivity index (χ3v) is 3.68. The van der Waals surface area contributed by atoms with Crippen molar-refractivity contribution in [2.75, 3.05) is 6.54 Å². The van der Waals surface area contributed by atoms with Crippen LogP contribution in [0, 0.1) is 5.41 Å². The highest BCUT2D eigenvalue weighted by atomic mass is 15.1. The van der Waals surface area contributed by atoms with E-state index in [1.807, 2.05) is 12.1 Å². The van der Waals surface area contributed by atoms with Crippen LogP contribution in [0.4, 0.5) is 0 Å². The van der Waals surface area contributed by atoms with Gasteiger partial charge in [0.05, 0.1) is 11.6 Å². The van der Waals surface area contributed by atoms with Crippen LogP contribution in [0.15, 0.2) is 18.3 Å². The maximum absolute atomic E-state index is 4.60. The average Bonchev–Trinajstić information content (AvgIpc) is 2.71. The Morgan fingerprint density at radius 3 is 3.06 bits per heavy atom. The number of aromatic nitrogens is 3. The molecule has 3 rings (SSSR count). The van der Waals surface area contributed by atoms with E-state index in [-0.39, 0.29) is 5.41 Å². The molecule has 90 valence electrons. The van der Waals surface area contributed by atoms with Crippen molar-refractivity contribution < 1.29 is 0 Å². The SMILES string of the molecule is CC1(C)CCCNC1c1nc2ncccc2[nH]1. The van der Waals surface area contributed by atoms with E-state index < -0.39 is 0 Å². The summed E-state index contributed by atoms with van der Waals surface area (Å²) in [6.45, 7) is 5.66. The summed E-state index contributed by atoms with van der Waals surface area (Å²) in [5, 5.41) is 3.57. The van der Waals surface area contributed by atoms with Crippen molar-refractivity contribution in [1.82, 2.24) is 20.3 Å². The van der Waals surface area contributed by atoms with E-state index in [4.69, 9.17) is 0 Å². The van der Waals surface area contributed by atoms with Crippen molar-refractivity contribution in [3.8, 4) is 0 Å². The van der Waals surface area contributed by atoms with Crippen molar-refractivity contribution in [3.63, 3.8) is 0 Å². The quantitative estimate of drug-likeness (QED) is 0.791. The van der Waals surface area contributed by atoms with Crippen LogP contribution in [0.1, 0.15) is 38.6 Å². The van der Waals surface area contributed by atoms with Gasteiger partial charge in [-0.25, -0.2) is 9.97 Å². The van der Waals surface area contributed by atoms with Gasteiger partial charge in [0.15, 0.2) is 5.65 Å². The molecule has 17 heavy (non-hydrogen) atoms. The molecule has 2 aromatic rings. The minimum Gasteiger partial charge on any atom is -0.339 e. The summed E-state index contributed by atoms with van der Waals surface area (Å²) in [5.41, 5.74) is 2.07. The van der Waals surface area contributed by atoms with E-state index in [2.05, 4.69) is 34.1 Å². The fourth-order valence-corrected chi connectivity index (χ4v) is 2.68. The van der Waals surface area contributed by atoms with Crippen molar-refractivity contribution in [1.29, 1.82) is 0 Å². The molecule has 2 N–H and O–H groups in total.